The van der Waals surface area contributed by atoms with Crippen LogP contribution in [-0.4, -0.2) is 0 Å². The van der Waals surface area contributed by atoms with Crippen molar-refractivity contribution in [2.24, 2.45) is 0 Å². The van der Waals surface area contributed by atoms with Crippen LogP contribution in [0.5, 0.6) is 0 Å². The van der Waals surface area contributed by atoms with Crippen LogP contribution in [0.3, 0.4) is 0 Å². The largest absolute Gasteiger partial charge is 0.327 e. The van der Waals surface area contributed by atoms with Crippen molar-refractivity contribution in [1.82, 2.24) is 0 Å². The van der Waals surface area contributed by atoms with Gasteiger partial charge in [-0.3, -0.25) is 0 Å². The summed E-state index contributed by atoms with van der Waals surface area (Å²) in [6, 6.07) is 58.8. The van der Waals surface area contributed by atoms with Crippen LogP contribution in [0, 0.1) is 13.8 Å². The lowest BCUT2D eigenvalue weighted by Crippen LogP contribution is -2.42. The molecular formula is C44H38N2. The summed E-state index contributed by atoms with van der Waals surface area (Å²) in [5, 5.41) is 0. The maximum absolute atomic E-state index is 2.50. The zero-order valence-electron chi connectivity index (χ0n) is 26.4. The quantitative estimate of drug-likeness (QED) is 0.173. The summed E-state index contributed by atoms with van der Waals surface area (Å²) in [4.78, 5) is 4.82. The van der Waals surface area contributed by atoms with Crippen LogP contribution < -0.4 is 9.80 Å². The smallest absolute Gasteiger partial charge is 0.0923 e. The molecule has 1 unspecified atom stereocenters. The van der Waals surface area contributed by atoms with Crippen LogP contribution in [-0.2, 0) is 5.54 Å². The Bertz CT molecular complexity index is 1980. The van der Waals surface area contributed by atoms with E-state index in [4.69, 9.17) is 0 Å². The summed E-state index contributed by atoms with van der Waals surface area (Å²) >= 11 is 0. The first-order valence-corrected chi connectivity index (χ1v) is 16.0. The predicted molar refractivity (Wildman–Crippen MR) is 195 cm³/mol. The van der Waals surface area contributed by atoms with E-state index in [1.165, 1.54) is 39.2 Å². The molecule has 0 saturated carbocycles. The molecule has 0 bridgehead atoms. The molecule has 2 heteroatoms. The van der Waals surface area contributed by atoms with Crippen LogP contribution in [0.15, 0.2) is 182 Å². The molecule has 2 nitrogen and oxygen atoms in total. The van der Waals surface area contributed by atoms with Crippen molar-refractivity contribution in [2.75, 3.05) is 9.80 Å². The average Bonchev–Trinajstić information content (AvgIpc) is 3.11. The molecule has 6 aromatic carbocycles. The topological polar surface area (TPSA) is 6.48 Å². The molecule has 1 aliphatic carbocycles. The Labute approximate surface area is 273 Å². The summed E-state index contributed by atoms with van der Waals surface area (Å²) in [7, 11) is 0. The first-order chi connectivity index (χ1) is 22.6. The van der Waals surface area contributed by atoms with Crippen LogP contribution in [0.1, 0.15) is 28.7 Å². The molecule has 0 heterocycles. The lowest BCUT2D eigenvalue weighted by Gasteiger charge is -2.45. The van der Waals surface area contributed by atoms with Gasteiger partial charge >= 0.3 is 0 Å². The zero-order chi connectivity index (χ0) is 31.3. The monoisotopic (exact) mass is 594 g/mol. The van der Waals surface area contributed by atoms with Gasteiger partial charge in [0.25, 0.3) is 0 Å². The minimum Gasteiger partial charge on any atom is -0.327 e. The normalized spacial score (nSPS) is 15.7. The summed E-state index contributed by atoms with van der Waals surface area (Å²) in [6.45, 7) is 4.31. The molecule has 7 rings (SSSR count). The van der Waals surface area contributed by atoms with Gasteiger partial charge in [-0.15, -0.1) is 0 Å². The van der Waals surface area contributed by atoms with Crippen molar-refractivity contribution in [1.29, 1.82) is 0 Å². The van der Waals surface area contributed by atoms with Gasteiger partial charge in [-0.1, -0.05) is 121 Å². The molecule has 0 radical (unpaired) electrons. The second kappa shape index (κ2) is 12.8. The molecule has 46 heavy (non-hydrogen) atoms. The van der Waals surface area contributed by atoms with Crippen molar-refractivity contribution < 1.29 is 0 Å². The lowest BCUT2D eigenvalue weighted by atomic mass is 9.79. The number of benzene rings is 6. The van der Waals surface area contributed by atoms with Gasteiger partial charge in [-0.2, -0.15) is 0 Å². The summed E-state index contributed by atoms with van der Waals surface area (Å²) in [5.41, 5.74) is 11.6. The highest BCUT2D eigenvalue weighted by molar-refractivity contribution is 5.82. The van der Waals surface area contributed by atoms with Gasteiger partial charge in [0.1, 0.15) is 0 Å². The maximum atomic E-state index is 2.50. The van der Waals surface area contributed by atoms with Gasteiger partial charge in [-0.05, 0) is 109 Å². The molecule has 1 atom stereocenters. The fraction of sp³-hybridized carbons (Fsp3) is 0.0909. The first-order valence-electron chi connectivity index (χ1n) is 16.0. The first kappa shape index (κ1) is 29.1. The molecule has 0 aliphatic heterocycles. The number of hydrogen-bond donors (Lipinski definition) is 0. The molecule has 1 aliphatic rings. The fourth-order valence-electron chi connectivity index (χ4n) is 6.63. The minimum absolute atomic E-state index is 0.394. The Balaban J connectivity index is 1.27. The van der Waals surface area contributed by atoms with E-state index in [2.05, 4.69) is 206 Å². The molecular weight excluding hydrogens is 556 g/mol. The van der Waals surface area contributed by atoms with Gasteiger partial charge in [-0.25, -0.2) is 0 Å². The van der Waals surface area contributed by atoms with E-state index < -0.39 is 5.54 Å². The van der Waals surface area contributed by atoms with Crippen molar-refractivity contribution in [3.63, 3.8) is 0 Å². The third kappa shape index (κ3) is 5.78. The van der Waals surface area contributed by atoms with Gasteiger partial charge in [0.05, 0.1) is 5.54 Å². The number of aryl methyl sites for hydroxylation is 2. The summed E-state index contributed by atoms with van der Waals surface area (Å²) in [5.74, 6) is 0. The lowest BCUT2D eigenvalue weighted by molar-refractivity contribution is 0.548. The highest BCUT2D eigenvalue weighted by atomic mass is 15.2. The number of anilines is 5. The second-order valence-corrected chi connectivity index (χ2v) is 12.1. The maximum Gasteiger partial charge on any atom is 0.0923 e. The SMILES string of the molecule is Cc1cccc(N(c2ccccc2)c2ccc(C3=CCC(c4ccccc4)(N(c4ccccc4)c4cccc(C)c4)C=C3)cc2)c1. The predicted octanol–water partition coefficient (Wildman–Crippen LogP) is 11.9. The molecule has 6 aromatic rings. The van der Waals surface area contributed by atoms with Crippen molar-refractivity contribution >= 4 is 34.0 Å². The Morgan fingerprint density at radius 3 is 1.59 bits per heavy atom. The number of nitrogens with zero attached hydrogens (tertiary/aromatic N) is 2. The molecule has 0 N–H and O–H groups in total. The molecule has 0 saturated heterocycles. The van der Waals surface area contributed by atoms with Crippen molar-refractivity contribution in [2.45, 2.75) is 25.8 Å². The van der Waals surface area contributed by atoms with Crippen LogP contribution in [0.25, 0.3) is 5.57 Å². The Morgan fingerprint density at radius 1 is 0.478 bits per heavy atom. The van der Waals surface area contributed by atoms with Crippen LogP contribution in [0.4, 0.5) is 28.4 Å². The molecule has 0 aromatic heterocycles. The van der Waals surface area contributed by atoms with E-state index in [-0.39, 0.29) is 0 Å². The number of hydrogen-bond acceptors (Lipinski definition) is 2. The Morgan fingerprint density at radius 2 is 1.00 bits per heavy atom. The molecule has 0 spiro atoms. The average molecular weight is 595 g/mol. The highest BCUT2D eigenvalue weighted by Crippen LogP contribution is 2.46. The Kier molecular flexibility index (Phi) is 8.10. The second-order valence-electron chi connectivity index (χ2n) is 12.1. The number of rotatable bonds is 8. The molecule has 0 amide bonds. The van der Waals surface area contributed by atoms with E-state index in [1.807, 2.05) is 0 Å². The van der Waals surface area contributed by atoms with Crippen molar-refractivity contribution in [3.05, 3.63) is 204 Å². The van der Waals surface area contributed by atoms with Gasteiger partial charge in [0.15, 0.2) is 0 Å². The molecule has 224 valence electrons. The van der Waals surface area contributed by atoms with E-state index in [0.717, 1.165) is 23.5 Å². The third-order valence-electron chi connectivity index (χ3n) is 8.85. The van der Waals surface area contributed by atoms with E-state index >= 15 is 0 Å². The minimum atomic E-state index is -0.394. The van der Waals surface area contributed by atoms with Gasteiger partial charge in [0.2, 0.25) is 0 Å². The van der Waals surface area contributed by atoms with Crippen LogP contribution in [0.2, 0.25) is 0 Å². The Hall–Kier alpha value is -5.60. The number of para-hydroxylation sites is 2. The highest BCUT2D eigenvalue weighted by Gasteiger charge is 2.38. The third-order valence-corrected chi connectivity index (χ3v) is 8.85. The molecule has 0 fully saturated rings. The summed E-state index contributed by atoms with van der Waals surface area (Å²) < 4.78 is 0. The van der Waals surface area contributed by atoms with Gasteiger partial charge < -0.3 is 9.80 Å². The standard InChI is InChI=1S/C44H38N2/c1-34-14-12-22-42(32-34)45(39-18-8-4-9-19-39)40-26-24-36(25-27-40)37-28-30-44(31-29-37,38-16-6-3-7-17-38)46(41-20-10-5-11-21-41)43-23-13-15-35(2)33-43/h3-30,32-33H,31H2,1-2H3. The van der Waals surface area contributed by atoms with E-state index in [1.54, 1.807) is 0 Å². The van der Waals surface area contributed by atoms with Gasteiger partial charge in [0, 0.05) is 28.4 Å². The van der Waals surface area contributed by atoms with E-state index in [9.17, 15) is 0 Å². The van der Waals surface area contributed by atoms with Crippen LogP contribution >= 0.6 is 0 Å². The summed E-state index contributed by atoms with van der Waals surface area (Å²) in [6.07, 6.45) is 7.95. The fourth-order valence-corrected chi connectivity index (χ4v) is 6.63. The van der Waals surface area contributed by atoms with E-state index in [0.29, 0.717) is 0 Å². The number of allylic oxidation sites excluding steroid dienone is 2. The van der Waals surface area contributed by atoms with Crippen molar-refractivity contribution in [3.8, 4) is 0 Å². The zero-order valence-corrected chi connectivity index (χ0v) is 26.4.